The summed E-state index contributed by atoms with van der Waals surface area (Å²) in [5.41, 5.74) is 4.79. The number of anilines is 1. The molecule has 1 aliphatic heterocycles. The van der Waals surface area contributed by atoms with Gasteiger partial charge in [0.1, 0.15) is 0 Å². The molecule has 0 saturated carbocycles. The van der Waals surface area contributed by atoms with E-state index in [1.54, 1.807) is 17.0 Å². The first-order valence-electron chi connectivity index (χ1n) is 10.3. The summed E-state index contributed by atoms with van der Waals surface area (Å²) in [6.07, 6.45) is 0. The molecule has 1 fully saturated rings. The van der Waals surface area contributed by atoms with Crippen LogP contribution in [0.4, 0.5) is 9.93 Å². The third-order valence-corrected chi connectivity index (χ3v) is 6.29. The molecule has 32 heavy (non-hydrogen) atoms. The number of amides is 2. The van der Waals surface area contributed by atoms with Crippen molar-refractivity contribution in [2.45, 2.75) is 19.9 Å². The van der Waals surface area contributed by atoms with E-state index in [0.717, 1.165) is 27.4 Å². The fraction of sp³-hybridized carbons (Fsp3) is 0.304. The van der Waals surface area contributed by atoms with Crippen LogP contribution in [-0.4, -0.2) is 58.3 Å². The molecule has 0 aliphatic carbocycles. The molecule has 1 atom stereocenters. The highest BCUT2D eigenvalue weighted by atomic mass is 32.1. The van der Waals surface area contributed by atoms with Crippen molar-refractivity contribution in [3.05, 3.63) is 53.3 Å². The van der Waals surface area contributed by atoms with Gasteiger partial charge in [-0.25, -0.2) is 9.78 Å². The van der Waals surface area contributed by atoms with Crippen LogP contribution in [0.5, 0.6) is 0 Å². The third-order valence-electron chi connectivity index (χ3n) is 5.27. The molecule has 2 aromatic heterocycles. The molecule has 1 aromatic carbocycles. The average Bonchev–Trinajstić information content (AvgIpc) is 3.22. The Balaban J connectivity index is 1.73. The highest BCUT2D eigenvalue weighted by Crippen LogP contribution is 2.39. The van der Waals surface area contributed by atoms with E-state index in [1.165, 1.54) is 11.3 Å². The SMILES string of the molecule is Cc1cc(-c2sc(NC(=O)N3CCNC[C@@H]3CO)nc2-c2cccc(C#N)c2)cc(C)n1. The summed E-state index contributed by atoms with van der Waals surface area (Å²) in [6.45, 7) is 5.51. The number of aromatic nitrogens is 2. The number of nitriles is 1. The summed E-state index contributed by atoms with van der Waals surface area (Å²) >= 11 is 1.38. The molecule has 3 heterocycles. The number of nitrogens with zero attached hydrogens (tertiary/aromatic N) is 4. The molecular formula is C23H24N6O2S. The molecule has 3 N–H and O–H groups in total. The van der Waals surface area contributed by atoms with Crippen LogP contribution in [0.2, 0.25) is 0 Å². The molecule has 0 unspecified atom stereocenters. The van der Waals surface area contributed by atoms with Crippen molar-refractivity contribution < 1.29 is 9.90 Å². The van der Waals surface area contributed by atoms with E-state index in [9.17, 15) is 15.2 Å². The van der Waals surface area contributed by atoms with Gasteiger partial charge in [-0.2, -0.15) is 5.26 Å². The van der Waals surface area contributed by atoms with E-state index < -0.39 is 0 Å². The molecule has 4 rings (SSSR count). The Bertz CT molecular complexity index is 1170. The van der Waals surface area contributed by atoms with Crippen molar-refractivity contribution in [3.63, 3.8) is 0 Å². The molecule has 1 aliphatic rings. The van der Waals surface area contributed by atoms with Crippen molar-refractivity contribution >= 4 is 22.5 Å². The summed E-state index contributed by atoms with van der Waals surface area (Å²) in [5, 5.41) is 25.5. The van der Waals surface area contributed by atoms with Crippen molar-refractivity contribution in [3.8, 4) is 27.8 Å². The second kappa shape index (κ2) is 9.44. The molecule has 2 amide bonds. The predicted molar refractivity (Wildman–Crippen MR) is 124 cm³/mol. The van der Waals surface area contributed by atoms with Crippen LogP contribution in [0.25, 0.3) is 21.7 Å². The van der Waals surface area contributed by atoms with E-state index in [2.05, 4.69) is 21.7 Å². The van der Waals surface area contributed by atoms with E-state index >= 15 is 0 Å². The monoisotopic (exact) mass is 448 g/mol. The van der Waals surface area contributed by atoms with E-state index in [-0.39, 0.29) is 18.7 Å². The Kier molecular flexibility index (Phi) is 6.46. The van der Waals surface area contributed by atoms with Crippen LogP contribution < -0.4 is 10.6 Å². The fourth-order valence-electron chi connectivity index (χ4n) is 3.82. The largest absolute Gasteiger partial charge is 0.394 e. The number of aliphatic hydroxyl groups is 1. The number of aryl methyl sites for hydroxylation is 2. The number of benzene rings is 1. The molecule has 0 spiro atoms. The number of urea groups is 1. The van der Waals surface area contributed by atoms with Gasteiger partial charge in [-0.15, -0.1) is 0 Å². The lowest BCUT2D eigenvalue weighted by molar-refractivity contribution is 0.124. The van der Waals surface area contributed by atoms with Crippen LogP contribution in [0.15, 0.2) is 36.4 Å². The quantitative estimate of drug-likeness (QED) is 0.565. The Morgan fingerprint density at radius 1 is 1.28 bits per heavy atom. The average molecular weight is 449 g/mol. The summed E-state index contributed by atoms with van der Waals surface area (Å²) in [7, 11) is 0. The zero-order valence-corrected chi connectivity index (χ0v) is 18.7. The van der Waals surface area contributed by atoms with Gasteiger partial charge in [0.15, 0.2) is 5.13 Å². The number of hydrogen-bond donors (Lipinski definition) is 3. The number of aliphatic hydroxyl groups excluding tert-OH is 1. The van der Waals surface area contributed by atoms with Crippen molar-refractivity contribution in [2.24, 2.45) is 0 Å². The maximum absolute atomic E-state index is 12.9. The second-order valence-electron chi connectivity index (χ2n) is 7.69. The van der Waals surface area contributed by atoms with Crippen LogP contribution in [0.3, 0.4) is 0 Å². The maximum atomic E-state index is 12.9. The van der Waals surface area contributed by atoms with Gasteiger partial charge in [0.2, 0.25) is 0 Å². The lowest BCUT2D eigenvalue weighted by atomic mass is 10.0. The Hall–Kier alpha value is -3.32. The number of nitrogens with one attached hydrogen (secondary N) is 2. The molecule has 164 valence electrons. The minimum atomic E-state index is -0.287. The van der Waals surface area contributed by atoms with Crippen LogP contribution >= 0.6 is 11.3 Å². The number of rotatable bonds is 4. The lowest BCUT2D eigenvalue weighted by Crippen LogP contribution is -2.56. The predicted octanol–water partition coefficient (Wildman–Crippen LogP) is 3.16. The van der Waals surface area contributed by atoms with Gasteiger partial charge in [-0.3, -0.25) is 10.3 Å². The summed E-state index contributed by atoms with van der Waals surface area (Å²) in [6, 6.07) is 12.9. The van der Waals surface area contributed by atoms with Crippen LogP contribution in [0.1, 0.15) is 17.0 Å². The highest BCUT2D eigenvalue weighted by molar-refractivity contribution is 7.19. The van der Waals surface area contributed by atoms with E-state index in [0.29, 0.717) is 36.0 Å². The Morgan fingerprint density at radius 3 is 2.78 bits per heavy atom. The van der Waals surface area contributed by atoms with Gasteiger partial charge in [0.05, 0.1) is 34.9 Å². The van der Waals surface area contributed by atoms with Crippen LogP contribution in [0, 0.1) is 25.2 Å². The molecule has 0 bridgehead atoms. The maximum Gasteiger partial charge on any atom is 0.324 e. The highest BCUT2D eigenvalue weighted by Gasteiger charge is 2.27. The number of piperazine rings is 1. The summed E-state index contributed by atoms with van der Waals surface area (Å²) in [4.78, 5) is 24.6. The lowest BCUT2D eigenvalue weighted by Gasteiger charge is -2.34. The first-order chi connectivity index (χ1) is 15.5. The zero-order chi connectivity index (χ0) is 22.7. The third kappa shape index (κ3) is 4.62. The van der Waals surface area contributed by atoms with Gasteiger partial charge in [0.25, 0.3) is 0 Å². The molecular weight excluding hydrogens is 424 g/mol. The molecule has 8 nitrogen and oxygen atoms in total. The summed E-state index contributed by atoms with van der Waals surface area (Å²) < 4.78 is 0. The fourth-order valence-corrected chi connectivity index (χ4v) is 4.79. The number of hydrogen-bond acceptors (Lipinski definition) is 7. The normalized spacial score (nSPS) is 15.9. The van der Waals surface area contributed by atoms with Gasteiger partial charge in [0, 0.05) is 36.6 Å². The topological polar surface area (TPSA) is 114 Å². The first kappa shape index (κ1) is 21.9. The van der Waals surface area contributed by atoms with Gasteiger partial charge < -0.3 is 15.3 Å². The minimum absolute atomic E-state index is 0.106. The van der Waals surface area contributed by atoms with Gasteiger partial charge in [-0.1, -0.05) is 23.5 Å². The Morgan fingerprint density at radius 2 is 2.06 bits per heavy atom. The number of thiazole rings is 1. The number of carbonyl (C=O) groups excluding carboxylic acids is 1. The minimum Gasteiger partial charge on any atom is -0.394 e. The smallest absolute Gasteiger partial charge is 0.324 e. The first-order valence-corrected chi connectivity index (χ1v) is 11.2. The second-order valence-corrected chi connectivity index (χ2v) is 8.69. The molecule has 3 aromatic rings. The van der Waals surface area contributed by atoms with Crippen molar-refractivity contribution in [1.29, 1.82) is 5.26 Å². The number of pyridine rings is 1. The van der Waals surface area contributed by atoms with E-state index in [1.807, 2.05) is 38.1 Å². The van der Waals surface area contributed by atoms with Gasteiger partial charge in [-0.05, 0) is 43.7 Å². The van der Waals surface area contributed by atoms with E-state index in [4.69, 9.17) is 4.98 Å². The molecule has 9 heteroatoms. The van der Waals surface area contributed by atoms with Gasteiger partial charge >= 0.3 is 6.03 Å². The van der Waals surface area contributed by atoms with Crippen molar-refractivity contribution in [2.75, 3.05) is 31.6 Å². The molecule has 0 radical (unpaired) electrons. The van der Waals surface area contributed by atoms with Crippen molar-refractivity contribution in [1.82, 2.24) is 20.2 Å². The standard InChI is InChI=1S/C23H24N6O2S/c1-14-8-18(9-15(2)26-14)21-20(17-5-3-4-16(10-17)11-24)27-22(32-21)28-23(31)29-7-6-25-12-19(29)13-30/h3-5,8-10,19,25,30H,6-7,12-13H2,1-2H3,(H,27,28,31)/t19-/m1/s1. The van der Waals surface area contributed by atoms with Crippen LogP contribution in [-0.2, 0) is 0 Å². The summed E-state index contributed by atoms with van der Waals surface area (Å²) in [5.74, 6) is 0. The molecule has 1 saturated heterocycles. The number of carbonyl (C=O) groups is 1. The Labute approximate surface area is 190 Å². The zero-order valence-electron chi connectivity index (χ0n) is 17.9.